The molecule has 15 heteroatoms. The Balaban J connectivity index is 1.82. The van der Waals surface area contributed by atoms with E-state index in [-0.39, 0.29) is 30.6 Å². The van der Waals surface area contributed by atoms with Crippen molar-refractivity contribution in [1.29, 1.82) is 0 Å². The van der Waals surface area contributed by atoms with Crippen LogP contribution in [0.1, 0.15) is 30.0 Å². The molecule has 4 unspecified atom stereocenters. The molecular formula is C24H22F3N5O7. The van der Waals surface area contributed by atoms with Gasteiger partial charge in [0, 0.05) is 24.7 Å². The third-order valence-electron chi connectivity index (χ3n) is 6.95. The zero-order valence-corrected chi connectivity index (χ0v) is 20.0. The van der Waals surface area contributed by atoms with Gasteiger partial charge in [0.1, 0.15) is 5.54 Å². The number of non-ortho nitro benzene ring substituents is 1. The van der Waals surface area contributed by atoms with Crippen LogP contribution in [-0.2, 0) is 20.6 Å². The van der Waals surface area contributed by atoms with Crippen molar-refractivity contribution in [3.05, 3.63) is 69.8 Å². The second-order valence-electron chi connectivity index (χ2n) is 9.21. The maximum absolute atomic E-state index is 13.7. The van der Waals surface area contributed by atoms with E-state index in [1.165, 1.54) is 18.2 Å². The van der Waals surface area contributed by atoms with Crippen molar-refractivity contribution < 1.29 is 42.4 Å². The molecule has 2 saturated heterocycles. The van der Waals surface area contributed by atoms with E-state index in [4.69, 9.17) is 5.73 Å². The number of nitro groups is 1. The number of nitrogens with two attached hydrogens (primary N) is 1. The SMILES string of the molecule is NC(=O)NCCCC1(C(=O)O)NC(c2cccc(C(F)(F)F)c2)C2C(=O)N(c3cccc([N+](=O)[O-])c3)C(=O)C21. The summed E-state index contributed by atoms with van der Waals surface area (Å²) in [7, 11) is 0. The number of anilines is 1. The summed E-state index contributed by atoms with van der Waals surface area (Å²) in [6, 6.07) is 6.39. The molecule has 0 bridgehead atoms. The van der Waals surface area contributed by atoms with Crippen LogP contribution in [0.5, 0.6) is 0 Å². The number of hydrogen-bond acceptors (Lipinski definition) is 7. The molecule has 4 atom stereocenters. The number of hydrogen-bond donors (Lipinski definition) is 4. The number of nitrogens with zero attached hydrogens (tertiary/aromatic N) is 2. The first kappa shape index (κ1) is 27.5. The Bertz CT molecular complexity index is 1370. The summed E-state index contributed by atoms with van der Waals surface area (Å²) in [6.07, 6.45) is -5.05. The summed E-state index contributed by atoms with van der Waals surface area (Å²) in [5.41, 5.74) is 1.21. The molecule has 12 nitrogen and oxygen atoms in total. The largest absolute Gasteiger partial charge is 0.480 e. The second-order valence-corrected chi connectivity index (χ2v) is 9.21. The zero-order chi connectivity index (χ0) is 28.7. The molecule has 0 spiro atoms. The van der Waals surface area contributed by atoms with Gasteiger partial charge in [-0.3, -0.25) is 29.8 Å². The van der Waals surface area contributed by atoms with Gasteiger partial charge in [-0.1, -0.05) is 18.2 Å². The number of carboxylic acid groups (broad SMARTS) is 1. The van der Waals surface area contributed by atoms with Gasteiger partial charge in [0.15, 0.2) is 0 Å². The fraction of sp³-hybridized carbons (Fsp3) is 0.333. The molecule has 2 aliphatic rings. The fourth-order valence-electron chi connectivity index (χ4n) is 5.31. The first-order valence-electron chi connectivity index (χ1n) is 11.6. The van der Waals surface area contributed by atoms with E-state index < -0.39 is 69.6 Å². The van der Waals surface area contributed by atoms with Crippen LogP contribution in [0, 0.1) is 22.0 Å². The number of primary amides is 1. The lowest BCUT2D eigenvalue weighted by Crippen LogP contribution is -2.56. The van der Waals surface area contributed by atoms with Crippen LogP contribution < -0.4 is 21.3 Å². The van der Waals surface area contributed by atoms with Crippen molar-refractivity contribution in [2.45, 2.75) is 30.6 Å². The van der Waals surface area contributed by atoms with E-state index in [0.717, 1.165) is 30.3 Å². The molecule has 206 valence electrons. The summed E-state index contributed by atoms with van der Waals surface area (Å²) < 4.78 is 40.4. The topological polar surface area (TPSA) is 185 Å². The normalized spacial score (nSPS) is 24.5. The lowest BCUT2D eigenvalue weighted by atomic mass is 9.77. The van der Waals surface area contributed by atoms with Crippen molar-refractivity contribution in [2.24, 2.45) is 17.6 Å². The van der Waals surface area contributed by atoms with Gasteiger partial charge in [-0.2, -0.15) is 13.2 Å². The Morgan fingerprint density at radius 3 is 2.46 bits per heavy atom. The van der Waals surface area contributed by atoms with Gasteiger partial charge in [0.25, 0.3) is 5.69 Å². The van der Waals surface area contributed by atoms with Crippen molar-refractivity contribution >= 4 is 35.2 Å². The second kappa shape index (κ2) is 9.98. The Morgan fingerprint density at radius 2 is 1.85 bits per heavy atom. The smallest absolute Gasteiger partial charge is 0.416 e. The fourth-order valence-corrected chi connectivity index (χ4v) is 5.31. The van der Waals surface area contributed by atoms with E-state index in [9.17, 15) is 47.6 Å². The van der Waals surface area contributed by atoms with Crippen LogP contribution in [0.4, 0.5) is 29.3 Å². The molecule has 4 amide bonds. The van der Waals surface area contributed by atoms with Crippen molar-refractivity contribution in [3.8, 4) is 0 Å². The van der Waals surface area contributed by atoms with E-state index in [1.807, 2.05) is 0 Å². The first-order valence-corrected chi connectivity index (χ1v) is 11.6. The Hall–Kier alpha value is -4.53. The third kappa shape index (κ3) is 4.87. The monoisotopic (exact) mass is 549 g/mol. The summed E-state index contributed by atoms with van der Waals surface area (Å²) in [5, 5.41) is 26.6. The molecule has 0 saturated carbocycles. The molecule has 39 heavy (non-hydrogen) atoms. The molecule has 0 aliphatic carbocycles. The van der Waals surface area contributed by atoms with Gasteiger partial charge in [-0.25, -0.2) is 9.69 Å². The number of halogens is 3. The van der Waals surface area contributed by atoms with Gasteiger partial charge in [-0.15, -0.1) is 0 Å². The zero-order valence-electron chi connectivity index (χ0n) is 20.0. The van der Waals surface area contributed by atoms with Crippen molar-refractivity contribution in [2.75, 3.05) is 11.4 Å². The van der Waals surface area contributed by atoms with E-state index >= 15 is 0 Å². The summed E-state index contributed by atoms with van der Waals surface area (Å²) >= 11 is 0. The van der Waals surface area contributed by atoms with Crippen LogP contribution in [0.15, 0.2) is 48.5 Å². The number of imide groups is 1. The maximum Gasteiger partial charge on any atom is 0.416 e. The van der Waals surface area contributed by atoms with Crippen LogP contribution in [0.3, 0.4) is 0 Å². The third-order valence-corrected chi connectivity index (χ3v) is 6.95. The van der Waals surface area contributed by atoms with Crippen molar-refractivity contribution in [1.82, 2.24) is 10.6 Å². The number of urea groups is 1. The average molecular weight is 549 g/mol. The number of benzene rings is 2. The number of carbonyl (C=O) groups is 4. The molecule has 2 fully saturated rings. The number of aliphatic carboxylic acids is 1. The van der Waals surface area contributed by atoms with Gasteiger partial charge in [0.05, 0.1) is 28.0 Å². The number of carbonyl (C=O) groups excluding carboxylic acids is 3. The molecule has 2 aromatic carbocycles. The summed E-state index contributed by atoms with van der Waals surface area (Å²) in [5.74, 6) is -6.44. The predicted octanol–water partition coefficient (Wildman–Crippen LogP) is 2.34. The molecule has 0 aromatic heterocycles. The molecule has 4 rings (SSSR count). The highest BCUT2D eigenvalue weighted by molar-refractivity contribution is 6.24. The van der Waals surface area contributed by atoms with Crippen molar-refractivity contribution in [3.63, 3.8) is 0 Å². The lowest BCUT2D eigenvalue weighted by Gasteiger charge is -2.31. The van der Waals surface area contributed by atoms with E-state index in [1.54, 1.807) is 0 Å². The van der Waals surface area contributed by atoms with Gasteiger partial charge in [0.2, 0.25) is 11.8 Å². The first-order chi connectivity index (χ1) is 18.3. The molecule has 2 aromatic rings. The molecule has 2 heterocycles. The summed E-state index contributed by atoms with van der Waals surface area (Å²) in [4.78, 5) is 62.3. The van der Waals surface area contributed by atoms with Gasteiger partial charge in [-0.05, 0) is 36.6 Å². The standard InChI is InChI=1S/C24H22F3N5O7/c25-24(26,27)13-5-1-4-12(10-13)18-16-17(23(30-18,21(35)36)8-3-9-29-22(28)37)20(34)31(19(16)33)14-6-2-7-15(11-14)32(38)39/h1-2,4-7,10-11,16-18,30H,3,8-9H2,(H,35,36)(H3,28,29,37). The highest BCUT2D eigenvalue weighted by atomic mass is 19.4. The van der Waals surface area contributed by atoms with Crippen LogP contribution in [-0.4, -0.2) is 45.9 Å². The Labute approximate surface area is 218 Å². The van der Waals surface area contributed by atoms with Crippen LogP contribution in [0.2, 0.25) is 0 Å². The maximum atomic E-state index is 13.7. The van der Waals surface area contributed by atoms with Crippen LogP contribution >= 0.6 is 0 Å². The van der Waals surface area contributed by atoms with E-state index in [0.29, 0.717) is 4.90 Å². The number of rotatable bonds is 8. The molecule has 0 radical (unpaired) electrons. The van der Waals surface area contributed by atoms with E-state index in [2.05, 4.69) is 10.6 Å². The number of carboxylic acids is 1. The quantitative estimate of drug-likeness (QED) is 0.167. The average Bonchev–Trinajstić information content (AvgIpc) is 3.35. The summed E-state index contributed by atoms with van der Waals surface area (Å²) in [6.45, 7) is -0.0750. The molecular weight excluding hydrogens is 527 g/mol. The minimum atomic E-state index is -4.73. The molecule has 2 aliphatic heterocycles. The van der Waals surface area contributed by atoms with Gasteiger partial charge >= 0.3 is 18.2 Å². The highest BCUT2D eigenvalue weighted by Crippen LogP contribution is 2.51. The van der Waals surface area contributed by atoms with Gasteiger partial charge < -0.3 is 16.2 Å². The van der Waals surface area contributed by atoms with Crippen LogP contribution in [0.25, 0.3) is 0 Å². The Kier molecular flexibility index (Phi) is 7.04. The number of nitro benzene ring substituents is 1. The number of amides is 4. The minimum Gasteiger partial charge on any atom is -0.480 e. The lowest BCUT2D eigenvalue weighted by molar-refractivity contribution is -0.384. The molecule has 5 N–H and O–H groups in total. The predicted molar refractivity (Wildman–Crippen MR) is 127 cm³/mol. The number of alkyl halides is 3. The Morgan fingerprint density at radius 1 is 1.15 bits per heavy atom. The number of nitrogens with one attached hydrogen (secondary N) is 2. The highest BCUT2D eigenvalue weighted by Gasteiger charge is 2.68. The minimum absolute atomic E-state index is 0.0148. The number of fused-ring (bicyclic) bond motifs is 1.